The van der Waals surface area contributed by atoms with Crippen molar-refractivity contribution in [3.63, 3.8) is 0 Å². The van der Waals surface area contributed by atoms with Crippen molar-refractivity contribution in [3.8, 4) is 11.5 Å². The highest BCUT2D eigenvalue weighted by atomic mass is 19.3. The molecule has 0 amide bonds. The number of ether oxygens (including phenoxy) is 2. The summed E-state index contributed by atoms with van der Waals surface area (Å²) >= 11 is 0. The molecule has 30 heavy (non-hydrogen) atoms. The number of ketones is 1. The molecular weight excluding hydrogens is 400 g/mol. The van der Waals surface area contributed by atoms with Crippen LogP contribution in [0.15, 0.2) is 59.7 Å². The number of carbonyl (C=O) groups excluding carboxylic acids is 1. The number of halogens is 4. The van der Waals surface area contributed by atoms with Crippen LogP contribution in [-0.2, 0) is 4.79 Å². The second kappa shape index (κ2) is 10.1. The fraction of sp³-hybridized carbons (Fsp3) is 0.261. The molecule has 3 rings (SSSR count). The largest absolute Gasteiger partial charge is 0.434 e. The van der Waals surface area contributed by atoms with Gasteiger partial charge >= 0.3 is 13.2 Å². The molecule has 0 radical (unpaired) electrons. The summed E-state index contributed by atoms with van der Waals surface area (Å²) in [5, 5.41) is 0. The Morgan fingerprint density at radius 2 is 1.10 bits per heavy atom. The topological polar surface area (TPSA) is 35.5 Å². The number of hydrogen-bond acceptors (Lipinski definition) is 3. The van der Waals surface area contributed by atoms with Crippen LogP contribution in [0.5, 0.6) is 11.5 Å². The standard InChI is InChI=1S/C23H20F4O3/c24-22(25)29-19-11-5-3-7-15(19)13-17-9-1-2-10-18(21(17)28)14-16-8-4-6-12-20(16)30-23(26)27/h3-8,11-14,22-23H,1-2,9-10H2/b17-13-,18-14-. The Morgan fingerprint density at radius 3 is 1.50 bits per heavy atom. The van der Waals surface area contributed by atoms with Crippen LogP contribution >= 0.6 is 0 Å². The van der Waals surface area contributed by atoms with Crippen molar-refractivity contribution in [2.75, 3.05) is 0 Å². The maximum absolute atomic E-state index is 13.1. The predicted molar refractivity (Wildman–Crippen MR) is 106 cm³/mol. The first kappa shape index (κ1) is 21.6. The molecule has 3 nitrogen and oxygen atoms in total. The number of para-hydroxylation sites is 2. The summed E-state index contributed by atoms with van der Waals surface area (Å²) in [4.78, 5) is 13.1. The molecule has 2 aromatic rings. The van der Waals surface area contributed by atoms with Crippen molar-refractivity contribution < 1.29 is 31.8 Å². The third kappa shape index (κ3) is 5.72. The summed E-state index contributed by atoms with van der Waals surface area (Å²) in [5.74, 6) is -0.275. The van der Waals surface area contributed by atoms with Gasteiger partial charge in [0.25, 0.3) is 0 Å². The Kier molecular flexibility index (Phi) is 7.27. The van der Waals surface area contributed by atoms with Gasteiger partial charge in [0.15, 0.2) is 5.78 Å². The Morgan fingerprint density at radius 1 is 0.700 bits per heavy atom. The summed E-state index contributed by atoms with van der Waals surface area (Å²) in [7, 11) is 0. The number of rotatable bonds is 6. The van der Waals surface area contributed by atoms with Gasteiger partial charge in [0.05, 0.1) is 0 Å². The fourth-order valence-electron chi connectivity index (χ4n) is 3.32. The maximum atomic E-state index is 13.1. The number of hydrogen-bond donors (Lipinski definition) is 0. The lowest BCUT2D eigenvalue weighted by Gasteiger charge is -2.11. The molecule has 2 aromatic carbocycles. The van der Waals surface area contributed by atoms with Crippen molar-refractivity contribution in [3.05, 3.63) is 70.8 Å². The van der Waals surface area contributed by atoms with Crippen LogP contribution in [0.25, 0.3) is 12.2 Å². The lowest BCUT2D eigenvalue weighted by atomic mass is 9.97. The Bertz CT molecular complexity index is 875. The van der Waals surface area contributed by atoms with Crippen LogP contribution in [0.4, 0.5) is 17.6 Å². The van der Waals surface area contributed by atoms with Gasteiger partial charge in [-0.1, -0.05) is 36.4 Å². The molecule has 7 heteroatoms. The lowest BCUT2D eigenvalue weighted by Crippen LogP contribution is -2.06. The van der Waals surface area contributed by atoms with Gasteiger partial charge in [-0.05, 0) is 50.0 Å². The number of alkyl halides is 4. The Balaban J connectivity index is 1.95. The first-order valence-corrected chi connectivity index (χ1v) is 9.47. The Hall–Kier alpha value is -3.09. The molecular formula is C23H20F4O3. The third-order valence-corrected chi connectivity index (χ3v) is 4.66. The zero-order chi connectivity index (χ0) is 21.5. The molecule has 1 aliphatic carbocycles. The number of Topliss-reactive ketones (excluding diaryl/α,β-unsaturated/α-hetero) is 1. The molecule has 1 fully saturated rings. The molecule has 0 atom stereocenters. The van der Waals surface area contributed by atoms with Crippen molar-refractivity contribution >= 4 is 17.9 Å². The lowest BCUT2D eigenvalue weighted by molar-refractivity contribution is -0.112. The second-order valence-corrected chi connectivity index (χ2v) is 6.71. The van der Waals surface area contributed by atoms with Gasteiger partial charge in [0.2, 0.25) is 0 Å². The molecule has 0 aromatic heterocycles. The van der Waals surface area contributed by atoms with E-state index in [2.05, 4.69) is 9.47 Å². The SMILES string of the molecule is O=C1/C(=C\c2ccccc2OC(F)F)CCCC/C1=C/c1ccccc1OC(F)F. The predicted octanol–water partition coefficient (Wildman–Crippen LogP) is 6.50. The van der Waals surface area contributed by atoms with Gasteiger partial charge in [-0.25, -0.2) is 0 Å². The van der Waals surface area contributed by atoms with E-state index in [0.29, 0.717) is 35.1 Å². The van der Waals surface area contributed by atoms with Gasteiger partial charge in [0.1, 0.15) is 11.5 Å². The Labute approximate surface area is 171 Å². The molecule has 0 unspecified atom stereocenters. The van der Waals surface area contributed by atoms with Crippen molar-refractivity contribution in [1.82, 2.24) is 0 Å². The van der Waals surface area contributed by atoms with Crippen LogP contribution in [0, 0.1) is 0 Å². The van der Waals surface area contributed by atoms with E-state index >= 15 is 0 Å². The zero-order valence-electron chi connectivity index (χ0n) is 16.0. The van der Waals surface area contributed by atoms with E-state index < -0.39 is 13.2 Å². The van der Waals surface area contributed by atoms with E-state index in [1.165, 1.54) is 12.1 Å². The van der Waals surface area contributed by atoms with Gasteiger partial charge in [-0.3, -0.25) is 4.79 Å². The minimum absolute atomic E-state index is 0.0155. The highest BCUT2D eigenvalue weighted by Crippen LogP contribution is 2.31. The second-order valence-electron chi connectivity index (χ2n) is 6.71. The van der Waals surface area contributed by atoms with Crippen molar-refractivity contribution in [1.29, 1.82) is 0 Å². The monoisotopic (exact) mass is 420 g/mol. The van der Waals surface area contributed by atoms with E-state index in [0.717, 1.165) is 12.8 Å². The molecule has 158 valence electrons. The molecule has 0 heterocycles. The highest BCUT2D eigenvalue weighted by Gasteiger charge is 2.20. The van der Waals surface area contributed by atoms with Gasteiger partial charge in [-0.15, -0.1) is 0 Å². The van der Waals surface area contributed by atoms with E-state index in [4.69, 9.17) is 0 Å². The summed E-state index contributed by atoms with van der Waals surface area (Å²) in [6.07, 6.45) is 5.55. The number of benzene rings is 2. The summed E-state index contributed by atoms with van der Waals surface area (Å²) in [5.41, 5.74) is 1.67. The van der Waals surface area contributed by atoms with Crippen LogP contribution < -0.4 is 9.47 Å². The van der Waals surface area contributed by atoms with E-state index in [9.17, 15) is 22.4 Å². The van der Waals surface area contributed by atoms with E-state index in [1.807, 2.05) is 0 Å². The van der Waals surface area contributed by atoms with Crippen LogP contribution in [0.2, 0.25) is 0 Å². The van der Waals surface area contributed by atoms with Crippen molar-refractivity contribution in [2.45, 2.75) is 38.9 Å². The minimum Gasteiger partial charge on any atom is -0.434 e. The van der Waals surface area contributed by atoms with Crippen LogP contribution in [0.1, 0.15) is 36.8 Å². The summed E-state index contributed by atoms with van der Waals surface area (Å²) in [6, 6.07) is 12.5. The first-order valence-electron chi connectivity index (χ1n) is 9.47. The van der Waals surface area contributed by atoms with Gasteiger partial charge in [-0.2, -0.15) is 17.6 Å². The minimum atomic E-state index is -2.98. The first-order chi connectivity index (χ1) is 14.4. The number of allylic oxidation sites excluding steroid dienone is 2. The smallest absolute Gasteiger partial charge is 0.387 e. The molecule has 0 saturated heterocycles. The van der Waals surface area contributed by atoms with Crippen LogP contribution in [-0.4, -0.2) is 19.0 Å². The van der Waals surface area contributed by atoms with Gasteiger partial charge in [0, 0.05) is 22.3 Å². The quantitative estimate of drug-likeness (QED) is 0.304. The highest BCUT2D eigenvalue weighted by molar-refractivity contribution is 6.13. The normalized spacial score (nSPS) is 17.6. The molecule has 1 saturated carbocycles. The third-order valence-electron chi connectivity index (χ3n) is 4.66. The summed E-state index contributed by atoms with van der Waals surface area (Å²) < 4.78 is 59.8. The zero-order valence-corrected chi connectivity index (χ0v) is 16.0. The van der Waals surface area contributed by atoms with E-state index in [1.54, 1.807) is 48.6 Å². The number of carbonyl (C=O) groups is 1. The van der Waals surface area contributed by atoms with E-state index in [-0.39, 0.29) is 17.3 Å². The summed E-state index contributed by atoms with van der Waals surface area (Å²) in [6.45, 7) is -5.95. The molecule has 1 aliphatic rings. The molecule has 0 aliphatic heterocycles. The molecule has 0 N–H and O–H groups in total. The molecule has 0 bridgehead atoms. The molecule has 0 spiro atoms. The average molecular weight is 420 g/mol. The van der Waals surface area contributed by atoms with Gasteiger partial charge < -0.3 is 9.47 Å². The average Bonchev–Trinajstić information content (AvgIpc) is 2.86. The maximum Gasteiger partial charge on any atom is 0.387 e. The van der Waals surface area contributed by atoms with Crippen molar-refractivity contribution in [2.24, 2.45) is 0 Å². The fourth-order valence-corrected chi connectivity index (χ4v) is 3.32. The van der Waals surface area contributed by atoms with Crippen LogP contribution in [0.3, 0.4) is 0 Å².